The molecule has 7 heteroatoms. The topological polar surface area (TPSA) is 64.4 Å². The molecular formula is C12H19N3O3S. The van der Waals surface area contributed by atoms with Gasteiger partial charge in [-0.25, -0.2) is 9.48 Å². The van der Waals surface area contributed by atoms with Gasteiger partial charge in [0, 0.05) is 14.1 Å². The number of nitrogens with zero attached hydrogens (tertiary/aromatic N) is 3. The Bertz CT molecular complexity index is 483. The quantitative estimate of drug-likeness (QED) is 0.600. The number of likely N-dealkylation sites (N-methyl/N-ethyl adjacent to an activating group) is 1. The van der Waals surface area contributed by atoms with Gasteiger partial charge in [-0.2, -0.15) is 5.10 Å². The molecule has 0 unspecified atom stereocenters. The molecule has 6 nitrogen and oxygen atoms in total. The highest BCUT2D eigenvalue weighted by atomic mass is 32.2. The van der Waals surface area contributed by atoms with Gasteiger partial charge in [0.05, 0.1) is 12.3 Å². The Morgan fingerprint density at radius 1 is 1.42 bits per heavy atom. The van der Waals surface area contributed by atoms with E-state index in [2.05, 4.69) is 5.10 Å². The molecule has 106 valence electrons. The first kappa shape index (κ1) is 15.6. The summed E-state index contributed by atoms with van der Waals surface area (Å²) in [6.07, 6.45) is 1.84. The summed E-state index contributed by atoms with van der Waals surface area (Å²) >= 11 is 1.38. The lowest BCUT2D eigenvalue weighted by molar-refractivity contribution is -0.129. The third-order valence-corrected chi connectivity index (χ3v) is 3.34. The van der Waals surface area contributed by atoms with Gasteiger partial charge in [0.15, 0.2) is 0 Å². The van der Waals surface area contributed by atoms with E-state index < -0.39 is 5.97 Å². The van der Waals surface area contributed by atoms with E-state index in [1.807, 2.05) is 6.26 Å². The van der Waals surface area contributed by atoms with Crippen LogP contribution in [0.1, 0.15) is 23.0 Å². The summed E-state index contributed by atoms with van der Waals surface area (Å²) in [6, 6.07) is 0. The third-order valence-electron chi connectivity index (χ3n) is 2.54. The average Bonchev–Trinajstić information content (AvgIpc) is 2.65. The number of hydrogen-bond donors (Lipinski definition) is 0. The second kappa shape index (κ2) is 6.60. The van der Waals surface area contributed by atoms with Crippen molar-refractivity contribution in [3.63, 3.8) is 0 Å². The van der Waals surface area contributed by atoms with E-state index >= 15 is 0 Å². The maximum Gasteiger partial charge on any atom is 0.342 e. The third kappa shape index (κ3) is 3.50. The highest BCUT2D eigenvalue weighted by Crippen LogP contribution is 2.24. The van der Waals surface area contributed by atoms with E-state index in [1.54, 1.807) is 32.6 Å². The van der Waals surface area contributed by atoms with Crippen LogP contribution in [0.15, 0.2) is 5.03 Å². The minimum Gasteiger partial charge on any atom is -0.462 e. The normalized spacial score (nSPS) is 10.4. The zero-order chi connectivity index (χ0) is 14.6. The molecule has 0 fully saturated rings. The van der Waals surface area contributed by atoms with Crippen LogP contribution in [0.3, 0.4) is 0 Å². The number of amides is 1. The Hall–Kier alpha value is -1.50. The van der Waals surface area contributed by atoms with Crippen LogP contribution in [0.25, 0.3) is 0 Å². The fraction of sp³-hybridized carbons (Fsp3) is 0.583. The number of aryl methyl sites for hydroxylation is 1. The molecule has 0 atom stereocenters. The molecule has 0 aliphatic carbocycles. The lowest BCUT2D eigenvalue weighted by Gasteiger charge is -2.11. The van der Waals surface area contributed by atoms with E-state index in [1.165, 1.54) is 16.7 Å². The highest BCUT2D eigenvalue weighted by molar-refractivity contribution is 7.98. The highest BCUT2D eigenvalue weighted by Gasteiger charge is 2.23. The monoisotopic (exact) mass is 285 g/mol. The lowest BCUT2D eigenvalue weighted by Crippen LogP contribution is -2.27. The van der Waals surface area contributed by atoms with Crippen molar-refractivity contribution in [2.24, 2.45) is 0 Å². The van der Waals surface area contributed by atoms with E-state index in [0.29, 0.717) is 22.9 Å². The van der Waals surface area contributed by atoms with E-state index in [9.17, 15) is 9.59 Å². The minimum atomic E-state index is -0.395. The number of carbonyl (C=O) groups is 2. The van der Waals surface area contributed by atoms with Gasteiger partial charge < -0.3 is 9.64 Å². The molecule has 1 aromatic heterocycles. The maximum absolute atomic E-state index is 11.9. The number of hydrogen-bond acceptors (Lipinski definition) is 5. The molecule has 0 aromatic carbocycles. The van der Waals surface area contributed by atoms with Crippen LogP contribution in [0.4, 0.5) is 0 Å². The molecule has 0 N–H and O–H groups in total. The maximum atomic E-state index is 11.9. The van der Waals surface area contributed by atoms with Gasteiger partial charge >= 0.3 is 5.97 Å². The summed E-state index contributed by atoms with van der Waals surface area (Å²) in [5.41, 5.74) is 1.02. The first-order valence-electron chi connectivity index (χ1n) is 5.91. The molecule has 0 radical (unpaired) electrons. The van der Waals surface area contributed by atoms with E-state index in [4.69, 9.17) is 4.74 Å². The average molecular weight is 285 g/mol. The SMILES string of the molecule is CCOC(=O)c1c(C)nn(CC(=O)N(C)C)c1SC. The second-order valence-corrected chi connectivity index (χ2v) is 4.93. The van der Waals surface area contributed by atoms with Crippen LogP contribution in [0.5, 0.6) is 0 Å². The number of esters is 1. The van der Waals surface area contributed by atoms with Gasteiger partial charge in [-0.1, -0.05) is 0 Å². The van der Waals surface area contributed by atoms with Crippen LogP contribution in [-0.4, -0.2) is 53.5 Å². The van der Waals surface area contributed by atoms with Gasteiger partial charge in [-0.05, 0) is 20.1 Å². The number of ether oxygens (including phenoxy) is 1. The summed E-state index contributed by atoms with van der Waals surface area (Å²) in [5, 5.41) is 4.91. The molecule has 0 spiro atoms. The van der Waals surface area contributed by atoms with Crippen molar-refractivity contribution in [1.82, 2.24) is 14.7 Å². The van der Waals surface area contributed by atoms with E-state index in [-0.39, 0.29) is 12.5 Å². The van der Waals surface area contributed by atoms with Gasteiger partial charge in [0.2, 0.25) is 5.91 Å². The summed E-state index contributed by atoms with van der Waals surface area (Å²) in [5.74, 6) is -0.471. The van der Waals surface area contributed by atoms with Crippen LogP contribution in [-0.2, 0) is 16.1 Å². The molecule has 1 amide bonds. The van der Waals surface area contributed by atoms with Crippen molar-refractivity contribution in [2.75, 3.05) is 27.0 Å². The van der Waals surface area contributed by atoms with Crippen molar-refractivity contribution < 1.29 is 14.3 Å². The van der Waals surface area contributed by atoms with Gasteiger partial charge in [-0.15, -0.1) is 11.8 Å². The van der Waals surface area contributed by atoms with Crippen molar-refractivity contribution in [3.05, 3.63) is 11.3 Å². The molecule has 0 bridgehead atoms. The van der Waals surface area contributed by atoms with E-state index in [0.717, 1.165) is 0 Å². The fourth-order valence-corrected chi connectivity index (χ4v) is 2.33. The molecular weight excluding hydrogens is 266 g/mol. The Morgan fingerprint density at radius 2 is 2.05 bits per heavy atom. The molecule has 19 heavy (non-hydrogen) atoms. The van der Waals surface area contributed by atoms with Crippen LogP contribution >= 0.6 is 11.8 Å². The predicted octanol–water partition coefficient (Wildman–Crippen LogP) is 1.18. The number of aromatic nitrogens is 2. The smallest absolute Gasteiger partial charge is 0.342 e. The minimum absolute atomic E-state index is 0.0757. The van der Waals surface area contributed by atoms with Gasteiger partial charge in [-0.3, -0.25) is 4.79 Å². The number of thioether (sulfide) groups is 1. The van der Waals surface area contributed by atoms with Gasteiger partial charge in [0.1, 0.15) is 17.1 Å². The molecule has 1 heterocycles. The largest absolute Gasteiger partial charge is 0.462 e. The van der Waals surface area contributed by atoms with Crippen LogP contribution in [0, 0.1) is 6.92 Å². The summed E-state index contributed by atoms with van der Waals surface area (Å²) in [6.45, 7) is 3.92. The molecule has 0 aliphatic rings. The molecule has 1 rings (SSSR count). The molecule has 0 saturated heterocycles. The zero-order valence-electron chi connectivity index (χ0n) is 11.9. The van der Waals surface area contributed by atoms with Crippen LogP contribution < -0.4 is 0 Å². The summed E-state index contributed by atoms with van der Waals surface area (Å²) < 4.78 is 6.57. The Kier molecular flexibility index (Phi) is 5.41. The fourth-order valence-electron chi connectivity index (χ4n) is 1.58. The Labute approximate surface area is 117 Å². The zero-order valence-corrected chi connectivity index (χ0v) is 12.7. The lowest BCUT2D eigenvalue weighted by atomic mass is 10.3. The molecule has 0 aliphatic heterocycles. The summed E-state index contributed by atoms with van der Waals surface area (Å²) in [7, 11) is 3.37. The first-order valence-corrected chi connectivity index (χ1v) is 7.13. The van der Waals surface area contributed by atoms with Crippen molar-refractivity contribution in [2.45, 2.75) is 25.4 Å². The molecule has 1 aromatic rings. The Balaban J connectivity index is 3.11. The number of rotatable bonds is 5. The standard InChI is InChI=1S/C12H19N3O3S/c1-6-18-12(17)10-8(2)13-15(11(10)19-5)7-9(16)14(3)4/h6-7H2,1-5H3. The molecule has 0 saturated carbocycles. The second-order valence-electron chi connectivity index (χ2n) is 4.14. The van der Waals surface area contributed by atoms with Crippen molar-refractivity contribution in [3.8, 4) is 0 Å². The van der Waals surface area contributed by atoms with Crippen molar-refractivity contribution in [1.29, 1.82) is 0 Å². The van der Waals surface area contributed by atoms with Crippen molar-refractivity contribution >= 4 is 23.6 Å². The van der Waals surface area contributed by atoms with Crippen LogP contribution in [0.2, 0.25) is 0 Å². The predicted molar refractivity (Wildman–Crippen MR) is 73.4 cm³/mol. The van der Waals surface area contributed by atoms with Gasteiger partial charge in [0.25, 0.3) is 0 Å². The number of carbonyl (C=O) groups excluding carboxylic acids is 2. The Morgan fingerprint density at radius 3 is 2.53 bits per heavy atom. The summed E-state index contributed by atoms with van der Waals surface area (Å²) in [4.78, 5) is 25.1. The first-order chi connectivity index (χ1) is 8.92.